The van der Waals surface area contributed by atoms with Crippen molar-refractivity contribution in [1.29, 1.82) is 0 Å². The van der Waals surface area contributed by atoms with E-state index in [0.29, 0.717) is 6.42 Å². The summed E-state index contributed by atoms with van der Waals surface area (Å²) in [6, 6.07) is 0. The van der Waals surface area contributed by atoms with E-state index in [2.05, 4.69) is 15.9 Å². The van der Waals surface area contributed by atoms with E-state index < -0.39 is 10.2 Å². The highest BCUT2D eigenvalue weighted by Crippen LogP contribution is 2.02. The lowest BCUT2D eigenvalue weighted by Crippen LogP contribution is -1.97. The number of halogens is 2. The molecule has 0 amide bonds. The fraction of sp³-hybridized carbons (Fsp3) is 1.00. The van der Waals surface area contributed by atoms with Gasteiger partial charge in [0, 0.05) is 5.33 Å². The molecule has 0 aromatic carbocycles. The Morgan fingerprint density at radius 1 is 1.20 bits per heavy atom. The van der Waals surface area contributed by atoms with E-state index in [4.69, 9.17) is 0 Å². The number of hydrogen-bond acceptors (Lipinski definition) is 2. The van der Waals surface area contributed by atoms with Gasteiger partial charge in [-0.15, -0.1) is 3.89 Å². The first kappa shape index (κ1) is 10.4. The van der Waals surface area contributed by atoms with E-state index >= 15 is 0 Å². The van der Waals surface area contributed by atoms with Crippen LogP contribution in [0, 0.1) is 0 Å². The van der Waals surface area contributed by atoms with Gasteiger partial charge in [-0.05, 0) is 12.8 Å². The van der Waals surface area contributed by atoms with Crippen molar-refractivity contribution in [2.75, 3.05) is 11.1 Å². The number of unbranched alkanes of at least 4 members (excludes halogenated alkanes) is 2. The highest BCUT2D eigenvalue weighted by atomic mass is 79.9. The Kier molecular flexibility index (Phi) is 5.25. The Hall–Kier alpha value is 0.360. The fourth-order valence-electron chi connectivity index (χ4n) is 0.546. The molecule has 0 aliphatic carbocycles. The van der Waals surface area contributed by atoms with Crippen molar-refractivity contribution in [3.05, 3.63) is 0 Å². The van der Waals surface area contributed by atoms with Gasteiger partial charge in [-0.2, -0.15) is 8.42 Å². The maximum atomic E-state index is 11.8. The molecular formula is C5H10BrFO2S. The Labute approximate surface area is 69.2 Å². The molecule has 0 aromatic rings. The highest BCUT2D eigenvalue weighted by molar-refractivity contribution is 9.09. The van der Waals surface area contributed by atoms with Crippen LogP contribution in [0.3, 0.4) is 0 Å². The molecular weight excluding hydrogens is 223 g/mol. The van der Waals surface area contributed by atoms with Gasteiger partial charge in [-0.25, -0.2) is 0 Å². The number of rotatable bonds is 5. The molecule has 0 aliphatic rings. The smallest absolute Gasteiger partial charge is 0.195 e. The minimum atomic E-state index is -4.22. The lowest BCUT2D eigenvalue weighted by molar-refractivity contribution is 0.547. The van der Waals surface area contributed by atoms with Gasteiger partial charge in [0.25, 0.3) is 0 Å². The third-order valence-electron chi connectivity index (χ3n) is 1.02. The number of hydrogen-bond donors (Lipinski definition) is 0. The monoisotopic (exact) mass is 232 g/mol. The van der Waals surface area contributed by atoms with Gasteiger partial charge in [0.2, 0.25) is 0 Å². The average molecular weight is 233 g/mol. The van der Waals surface area contributed by atoms with E-state index in [-0.39, 0.29) is 5.75 Å². The zero-order chi connectivity index (χ0) is 8.04. The van der Waals surface area contributed by atoms with Crippen molar-refractivity contribution in [1.82, 2.24) is 0 Å². The zero-order valence-corrected chi connectivity index (χ0v) is 7.92. The van der Waals surface area contributed by atoms with Crippen LogP contribution in [0.4, 0.5) is 3.89 Å². The maximum absolute atomic E-state index is 11.8. The average Bonchev–Trinajstić information content (AvgIpc) is 1.78. The maximum Gasteiger partial charge on any atom is 0.302 e. The first-order valence-corrected chi connectivity index (χ1v) is 5.72. The largest absolute Gasteiger partial charge is 0.302 e. The molecule has 0 spiro atoms. The molecule has 0 unspecified atom stereocenters. The molecule has 0 bridgehead atoms. The van der Waals surface area contributed by atoms with E-state index in [1.54, 1.807) is 0 Å². The topological polar surface area (TPSA) is 34.1 Å². The molecule has 0 rings (SSSR count). The molecule has 0 N–H and O–H groups in total. The Morgan fingerprint density at radius 2 is 1.80 bits per heavy atom. The predicted molar refractivity (Wildman–Crippen MR) is 42.5 cm³/mol. The Balaban J connectivity index is 3.21. The van der Waals surface area contributed by atoms with Crippen molar-refractivity contribution in [3.63, 3.8) is 0 Å². The van der Waals surface area contributed by atoms with Gasteiger partial charge >= 0.3 is 10.2 Å². The summed E-state index contributed by atoms with van der Waals surface area (Å²) in [6.45, 7) is 0. The summed E-state index contributed by atoms with van der Waals surface area (Å²) in [7, 11) is -4.22. The quantitative estimate of drug-likeness (QED) is 0.412. The van der Waals surface area contributed by atoms with Gasteiger partial charge in [-0.1, -0.05) is 22.4 Å². The van der Waals surface area contributed by atoms with Crippen molar-refractivity contribution < 1.29 is 12.3 Å². The summed E-state index contributed by atoms with van der Waals surface area (Å²) in [4.78, 5) is 0. The van der Waals surface area contributed by atoms with Crippen LogP contribution in [-0.4, -0.2) is 19.5 Å². The van der Waals surface area contributed by atoms with Crippen LogP contribution < -0.4 is 0 Å². The molecule has 0 fully saturated rings. The summed E-state index contributed by atoms with van der Waals surface area (Å²) in [5, 5.41) is 0.847. The third kappa shape index (κ3) is 8.36. The molecule has 5 heteroatoms. The van der Waals surface area contributed by atoms with Gasteiger partial charge in [0.05, 0.1) is 5.75 Å². The molecule has 0 saturated carbocycles. The van der Waals surface area contributed by atoms with Crippen LogP contribution in [0.5, 0.6) is 0 Å². The minimum Gasteiger partial charge on any atom is -0.195 e. The zero-order valence-electron chi connectivity index (χ0n) is 5.52. The molecule has 0 atom stereocenters. The van der Waals surface area contributed by atoms with Gasteiger partial charge in [0.1, 0.15) is 0 Å². The van der Waals surface area contributed by atoms with E-state index in [0.717, 1.165) is 18.2 Å². The lowest BCUT2D eigenvalue weighted by Gasteiger charge is -1.93. The fourth-order valence-corrected chi connectivity index (χ4v) is 1.49. The molecule has 2 nitrogen and oxygen atoms in total. The first-order chi connectivity index (χ1) is 4.56. The lowest BCUT2D eigenvalue weighted by atomic mass is 10.3. The second-order valence-electron chi connectivity index (χ2n) is 1.99. The van der Waals surface area contributed by atoms with Crippen LogP contribution in [0.15, 0.2) is 0 Å². The molecule has 10 heavy (non-hydrogen) atoms. The predicted octanol–water partition coefficient (Wildman–Crippen LogP) is 1.85. The van der Waals surface area contributed by atoms with Crippen molar-refractivity contribution >= 4 is 26.2 Å². The van der Waals surface area contributed by atoms with Gasteiger partial charge in [0.15, 0.2) is 0 Å². The molecule has 0 heterocycles. The van der Waals surface area contributed by atoms with Crippen molar-refractivity contribution in [2.45, 2.75) is 19.3 Å². The third-order valence-corrected chi connectivity index (χ3v) is 2.36. The highest BCUT2D eigenvalue weighted by Gasteiger charge is 2.04. The molecule has 0 aliphatic heterocycles. The Bertz CT molecular complexity index is 166. The van der Waals surface area contributed by atoms with Crippen LogP contribution >= 0.6 is 15.9 Å². The van der Waals surface area contributed by atoms with Gasteiger partial charge in [-0.3, -0.25) is 0 Å². The molecule has 0 radical (unpaired) electrons. The summed E-state index contributed by atoms with van der Waals surface area (Å²) in [5.41, 5.74) is 0. The van der Waals surface area contributed by atoms with Crippen molar-refractivity contribution in [2.24, 2.45) is 0 Å². The van der Waals surface area contributed by atoms with E-state index in [1.165, 1.54) is 0 Å². The van der Waals surface area contributed by atoms with Crippen LogP contribution in [0.2, 0.25) is 0 Å². The SMILES string of the molecule is O=S(=O)(F)CCCCCBr. The Morgan fingerprint density at radius 3 is 2.20 bits per heavy atom. The molecule has 0 aromatic heterocycles. The second-order valence-corrected chi connectivity index (χ2v) is 4.27. The van der Waals surface area contributed by atoms with E-state index in [9.17, 15) is 12.3 Å². The van der Waals surface area contributed by atoms with Crippen LogP contribution in [0.1, 0.15) is 19.3 Å². The standard InChI is InChI=1S/C5H10BrFO2S/c6-4-2-1-3-5-10(7,8)9/h1-5H2. The second kappa shape index (κ2) is 5.07. The van der Waals surface area contributed by atoms with Crippen LogP contribution in [-0.2, 0) is 10.2 Å². The first-order valence-electron chi connectivity index (χ1n) is 3.04. The van der Waals surface area contributed by atoms with E-state index in [1.807, 2.05) is 0 Å². The normalized spacial score (nSPS) is 11.8. The molecule has 0 saturated heterocycles. The van der Waals surface area contributed by atoms with Gasteiger partial charge < -0.3 is 0 Å². The summed E-state index contributed by atoms with van der Waals surface area (Å²) < 4.78 is 31.6. The summed E-state index contributed by atoms with van der Waals surface area (Å²) >= 11 is 3.19. The summed E-state index contributed by atoms with van der Waals surface area (Å²) in [6.07, 6.45) is 2.08. The van der Waals surface area contributed by atoms with Crippen molar-refractivity contribution in [3.8, 4) is 0 Å². The minimum absolute atomic E-state index is 0.333. The number of alkyl halides is 1. The summed E-state index contributed by atoms with van der Waals surface area (Å²) in [5.74, 6) is -0.333. The molecule has 62 valence electrons. The van der Waals surface area contributed by atoms with Crippen LogP contribution in [0.25, 0.3) is 0 Å².